The summed E-state index contributed by atoms with van der Waals surface area (Å²) in [6, 6.07) is 15.6. The molecule has 1 radical (unpaired) electrons. The van der Waals surface area contributed by atoms with Crippen molar-refractivity contribution in [2.45, 2.75) is 6.42 Å². The molecule has 0 heterocycles. The Kier molecular flexibility index (Phi) is 4.48. The van der Waals surface area contributed by atoms with Gasteiger partial charge in [-0.1, -0.05) is 12.1 Å². The highest BCUT2D eigenvalue weighted by Gasteiger charge is 2.05. The third-order valence-electron chi connectivity index (χ3n) is 2.88. The van der Waals surface area contributed by atoms with Gasteiger partial charge in [-0.3, -0.25) is 4.79 Å². The summed E-state index contributed by atoms with van der Waals surface area (Å²) in [5.41, 5.74) is 2.64. The average molecular weight is 265 g/mol. The number of anilines is 1. The predicted octanol–water partition coefficient (Wildman–Crippen LogP) is 2.78. The smallest absolute Gasteiger partial charge is 0.255 e. The summed E-state index contributed by atoms with van der Waals surface area (Å²) in [4.78, 5) is 12.0. The van der Waals surface area contributed by atoms with Crippen molar-refractivity contribution in [3.8, 4) is 6.07 Å². The molecule has 0 fully saturated rings. The van der Waals surface area contributed by atoms with Crippen molar-refractivity contribution in [2.24, 2.45) is 0 Å². The van der Waals surface area contributed by atoms with E-state index in [1.54, 1.807) is 36.4 Å². The van der Waals surface area contributed by atoms with Crippen LogP contribution >= 0.6 is 0 Å². The molecular weight excluding hydrogens is 252 g/mol. The first-order valence-electron chi connectivity index (χ1n) is 6.21. The van der Waals surface area contributed by atoms with Crippen LogP contribution in [0.5, 0.6) is 0 Å². The first-order valence-corrected chi connectivity index (χ1v) is 6.21. The van der Waals surface area contributed by atoms with Gasteiger partial charge in [0.05, 0.1) is 18.2 Å². The summed E-state index contributed by atoms with van der Waals surface area (Å²) in [5, 5.41) is 22.0. The minimum absolute atomic E-state index is 0.142. The molecule has 2 aromatic carbocycles. The summed E-state index contributed by atoms with van der Waals surface area (Å²) in [6.07, 6.45) is 0.490. The predicted molar refractivity (Wildman–Crippen MR) is 74.8 cm³/mol. The Bertz CT molecular complexity index is 625. The molecule has 0 aliphatic carbocycles. The van der Waals surface area contributed by atoms with E-state index in [0.29, 0.717) is 23.2 Å². The van der Waals surface area contributed by atoms with Crippen LogP contribution in [0.3, 0.4) is 0 Å². The maximum Gasteiger partial charge on any atom is 0.255 e. The molecule has 4 nitrogen and oxygen atoms in total. The maximum absolute atomic E-state index is 12.0. The Morgan fingerprint density at radius 1 is 1.05 bits per heavy atom. The van der Waals surface area contributed by atoms with Crippen LogP contribution in [0.25, 0.3) is 0 Å². The molecular formula is C16H13N2O2. The van der Waals surface area contributed by atoms with E-state index >= 15 is 0 Å². The van der Waals surface area contributed by atoms with Crippen LogP contribution < -0.4 is 5.32 Å². The van der Waals surface area contributed by atoms with Gasteiger partial charge in [0, 0.05) is 11.3 Å². The number of hydrogen-bond donors (Lipinski definition) is 1. The van der Waals surface area contributed by atoms with Gasteiger partial charge < -0.3 is 5.32 Å². The van der Waals surface area contributed by atoms with Crippen LogP contribution in [-0.4, -0.2) is 12.5 Å². The summed E-state index contributed by atoms with van der Waals surface area (Å²) >= 11 is 0. The number of carbonyl (C=O) groups is 1. The molecule has 0 saturated carbocycles. The Morgan fingerprint density at radius 2 is 1.70 bits per heavy atom. The number of nitrogens with zero attached hydrogens (tertiary/aromatic N) is 1. The molecule has 0 saturated heterocycles. The highest BCUT2D eigenvalue weighted by molar-refractivity contribution is 6.04. The number of nitrogens with one attached hydrogen (secondary N) is 1. The van der Waals surface area contributed by atoms with Crippen molar-refractivity contribution in [2.75, 3.05) is 11.9 Å². The van der Waals surface area contributed by atoms with Crippen LogP contribution in [0.15, 0.2) is 48.5 Å². The standard InChI is InChI=1S/C16H13N2O2/c17-11-13-1-5-14(6-2-13)16(20)18-15-7-3-12(4-8-15)9-10-19/h1-8H,9-10H2,(H,18,20). The van der Waals surface area contributed by atoms with Crippen molar-refractivity contribution in [1.29, 1.82) is 5.26 Å². The SMILES string of the molecule is N#Cc1ccc(C(=O)Nc2ccc(CC[O])cc2)cc1. The van der Waals surface area contributed by atoms with Gasteiger partial charge in [0.15, 0.2) is 0 Å². The fourth-order valence-corrected chi connectivity index (χ4v) is 1.77. The van der Waals surface area contributed by atoms with E-state index in [-0.39, 0.29) is 12.5 Å². The van der Waals surface area contributed by atoms with Crippen LogP contribution in [0.4, 0.5) is 5.69 Å². The summed E-state index contributed by atoms with van der Waals surface area (Å²) in [6.45, 7) is -0.142. The van der Waals surface area contributed by atoms with Crippen molar-refractivity contribution in [3.05, 3.63) is 65.2 Å². The van der Waals surface area contributed by atoms with Gasteiger partial charge in [0.2, 0.25) is 0 Å². The Balaban J connectivity index is 2.05. The van der Waals surface area contributed by atoms with Gasteiger partial charge in [-0.15, -0.1) is 0 Å². The van der Waals surface area contributed by atoms with Crippen LogP contribution in [0.2, 0.25) is 0 Å². The Hall–Kier alpha value is -2.64. The van der Waals surface area contributed by atoms with E-state index in [2.05, 4.69) is 5.32 Å². The zero-order valence-electron chi connectivity index (χ0n) is 10.8. The van der Waals surface area contributed by atoms with Gasteiger partial charge in [-0.2, -0.15) is 5.26 Å². The lowest BCUT2D eigenvalue weighted by molar-refractivity contribution is 0.102. The zero-order chi connectivity index (χ0) is 14.4. The van der Waals surface area contributed by atoms with Gasteiger partial charge in [-0.05, 0) is 48.4 Å². The van der Waals surface area contributed by atoms with E-state index in [1.165, 1.54) is 0 Å². The molecule has 20 heavy (non-hydrogen) atoms. The highest BCUT2D eigenvalue weighted by atomic mass is 16.2. The van der Waals surface area contributed by atoms with E-state index in [9.17, 15) is 9.90 Å². The molecule has 0 aliphatic heterocycles. The maximum atomic E-state index is 12.0. The molecule has 1 N–H and O–H groups in total. The largest absolute Gasteiger partial charge is 0.322 e. The summed E-state index contributed by atoms with van der Waals surface area (Å²) < 4.78 is 0. The number of nitriles is 1. The fourth-order valence-electron chi connectivity index (χ4n) is 1.77. The first-order chi connectivity index (χ1) is 9.72. The van der Waals surface area contributed by atoms with E-state index in [4.69, 9.17) is 5.26 Å². The Morgan fingerprint density at radius 3 is 2.25 bits per heavy atom. The number of hydrogen-bond acceptors (Lipinski definition) is 2. The third-order valence-corrected chi connectivity index (χ3v) is 2.88. The normalized spacial score (nSPS) is 9.80. The van der Waals surface area contributed by atoms with Gasteiger partial charge in [0.25, 0.3) is 5.91 Å². The van der Waals surface area contributed by atoms with E-state index in [1.807, 2.05) is 18.2 Å². The van der Waals surface area contributed by atoms with Gasteiger partial charge in [0.1, 0.15) is 0 Å². The minimum Gasteiger partial charge on any atom is -0.322 e. The summed E-state index contributed by atoms with van der Waals surface area (Å²) in [7, 11) is 0. The lowest BCUT2D eigenvalue weighted by Gasteiger charge is -2.06. The van der Waals surface area contributed by atoms with Gasteiger partial charge in [-0.25, -0.2) is 5.11 Å². The molecule has 0 aliphatic rings. The molecule has 0 atom stereocenters. The van der Waals surface area contributed by atoms with Crippen LogP contribution in [-0.2, 0) is 11.5 Å². The van der Waals surface area contributed by atoms with Crippen LogP contribution in [0.1, 0.15) is 21.5 Å². The fraction of sp³-hybridized carbons (Fsp3) is 0.125. The quantitative estimate of drug-likeness (QED) is 0.923. The van der Waals surface area contributed by atoms with Crippen molar-refractivity contribution in [3.63, 3.8) is 0 Å². The molecule has 0 unspecified atom stereocenters. The number of rotatable bonds is 4. The number of benzene rings is 2. The van der Waals surface area contributed by atoms with Crippen molar-refractivity contribution < 1.29 is 9.90 Å². The molecule has 2 rings (SSSR count). The Labute approximate surface area is 117 Å². The first kappa shape index (κ1) is 13.8. The molecule has 0 spiro atoms. The molecule has 0 bridgehead atoms. The lowest BCUT2D eigenvalue weighted by Crippen LogP contribution is -2.11. The second-order valence-electron chi connectivity index (χ2n) is 4.29. The minimum atomic E-state index is -0.230. The van der Waals surface area contributed by atoms with Crippen molar-refractivity contribution >= 4 is 11.6 Å². The topological polar surface area (TPSA) is 72.8 Å². The second-order valence-corrected chi connectivity index (χ2v) is 4.29. The number of amides is 1. The molecule has 1 amide bonds. The number of carbonyl (C=O) groups excluding carboxylic acids is 1. The van der Waals surface area contributed by atoms with E-state index < -0.39 is 0 Å². The van der Waals surface area contributed by atoms with Gasteiger partial charge >= 0.3 is 0 Å². The highest BCUT2D eigenvalue weighted by Crippen LogP contribution is 2.12. The third kappa shape index (κ3) is 3.44. The summed E-state index contributed by atoms with van der Waals surface area (Å²) in [5.74, 6) is -0.230. The molecule has 2 aromatic rings. The molecule has 4 heteroatoms. The van der Waals surface area contributed by atoms with Crippen LogP contribution in [0, 0.1) is 11.3 Å². The molecule has 0 aromatic heterocycles. The second kappa shape index (κ2) is 6.50. The van der Waals surface area contributed by atoms with E-state index in [0.717, 1.165) is 5.56 Å². The average Bonchev–Trinajstić information content (AvgIpc) is 2.49. The zero-order valence-corrected chi connectivity index (χ0v) is 10.8. The molecule has 99 valence electrons. The monoisotopic (exact) mass is 265 g/mol. The lowest BCUT2D eigenvalue weighted by atomic mass is 10.1. The van der Waals surface area contributed by atoms with Crippen molar-refractivity contribution in [1.82, 2.24) is 0 Å².